The molecule has 0 saturated heterocycles. The Balaban J connectivity index is 2.01. The first kappa shape index (κ1) is 14.7. The Morgan fingerprint density at radius 2 is 2.13 bits per heavy atom. The second-order valence-electron chi connectivity index (χ2n) is 4.30. The van der Waals surface area contributed by atoms with Gasteiger partial charge in [0, 0.05) is 5.69 Å². The average Bonchev–Trinajstić information content (AvgIpc) is 3.15. The molecule has 0 unspecified atom stereocenters. The second kappa shape index (κ2) is 5.55. The molecule has 0 amide bonds. The Morgan fingerprint density at radius 3 is 2.83 bits per heavy atom. The van der Waals surface area contributed by atoms with Crippen LogP contribution in [0.4, 0.5) is 24.7 Å². The number of rotatable bonds is 4. The third-order valence-corrected chi connectivity index (χ3v) is 2.98. The van der Waals surface area contributed by atoms with Crippen LogP contribution in [-0.2, 0) is 4.84 Å². The number of hydrogen-bond acceptors (Lipinski definition) is 8. The maximum Gasteiger partial charge on any atom is 0.446 e. The van der Waals surface area contributed by atoms with Crippen molar-refractivity contribution in [3.63, 3.8) is 0 Å². The highest BCUT2D eigenvalue weighted by molar-refractivity contribution is 6.10. The molecule has 1 aromatic carbocycles. The summed E-state index contributed by atoms with van der Waals surface area (Å²) in [7, 11) is 0. The van der Waals surface area contributed by atoms with E-state index in [4.69, 9.17) is 4.84 Å². The van der Waals surface area contributed by atoms with E-state index >= 15 is 0 Å². The third-order valence-electron chi connectivity index (χ3n) is 2.98. The van der Waals surface area contributed by atoms with Crippen molar-refractivity contribution in [1.29, 1.82) is 0 Å². The fourth-order valence-electron chi connectivity index (χ4n) is 1.94. The van der Waals surface area contributed by atoms with Gasteiger partial charge in [-0.25, -0.2) is 13.2 Å². The molecule has 120 valence electrons. The molecule has 1 aliphatic heterocycles. The summed E-state index contributed by atoms with van der Waals surface area (Å²) >= 11 is 0. The topological polar surface area (TPSA) is 107 Å². The molecular formula is C11H6F3N5O4. The van der Waals surface area contributed by atoms with Crippen LogP contribution in [0.15, 0.2) is 28.0 Å². The molecule has 0 saturated carbocycles. The van der Waals surface area contributed by atoms with Gasteiger partial charge in [0.05, 0.1) is 5.56 Å². The summed E-state index contributed by atoms with van der Waals surface area (Å²) in [6.45, 7) is -0.229. The van der Waals surface area contributed by atoms with Crippen LogP contribution in [0.3, 0.4) is 0 Å². The van der Waals surface area contributed by atoms with Gasteiger partial charge in [0.2, 0.25) is 5.84 Å². The molecule has 0 bridgehead atoms. The molecule has 0 atom stereocenters. The molecule has 0 spiro atoms. The third kappa shape index (κ3) is 2.54. The van der Waals surface area contributed by atoms with Crippen LogP contribution in [0.2, 0.25) is 0 Å². The highest BCUT2D eigenvalue weighted by Gasteiger charge is 2.35. The van der Waals surface area contributed by atoms with E-state index in [1.807, 2.05) is 0 Å². The first-order valence-electron chi connectivity index (χ1n) is 6.01. The molecule has 0 radical (unpaired) electrons. The number of benzene rings is 1. The zero-order valence-corrected chi connectivity index (χ0v) is 11.0. The number of hydrogen-bond donors (Lipinski definition) is 0. The lowest BCUT2D eigenvalue weighted by atomic mass is 10.1. The average molecular weight is 329 g/mol. The van der Waals surface area contributed by atoms with Gasteiger partial charge in [-0.1, -0.05) is 5.16 Å². The Bertz CT molecular complexity index is 794. The molecule has 0 N–H and O–H groups in total. The van der Waals surface area contributed by atoms with Gasteiger partial charge >= 0.3 is 5.82 Å². The minimum Gasteiger partial charge on any atom is -0.371 e. The minimum absolute atomic E-state index is 0.0928. The normalized spacial score (nSPS) is 14.1. The quantitative estimate of drug-likeness (QED) is 0.625. The monoisotopic (exact) mass is 329 g/mol. The summed E-state index contributed by atoms with van der Waals surface area (Å²) in [4.78, 5) is 16.0. The second-order valence-corrected chi connectivity index (χ2v) is 4.30. The number of oxime groups is 1. The van der Waals surface area contributed by atoms with Crippen molar-refractivity contribution in [2.45, 2.75) is 6.43 Å². The summed E-state index contributed by atoms with van der Waals surface area (Å²) in [5.74, 6) is -1.95. The summed E-state index contributed by atoms with van der Waals surface area (Å²) < 4.78 is 43.2. The highest BCUT2D eigenvalue weighted by atomic mass is 19.3. The SMILES string of the molecule is O=[N+]([O-])c1nonc1C1=NOCN1c1ccc(F)c(C(F)F)c1. The predicted molar refractivity (Wildman–Crippen MR) is 67.3 cm³/mol. The fourth-order valence-corrected chi connectivity index (χ4v) is 1.94. The van der Waals surface area contributed by atoms with Gasteiger partial charge in [-0.3, -0.25) is 4.90 Å². The summed E-state index contributed by atoms with van der Waals surface area (Å²) in [5, 5.41) is 20.9. The molecule has 2 aromatic rings. The Kier molecular flexibility index (Phi) is 3.56. The lowest BCUT2D eigenvalue weighted by Gasteiger charge is -2.17. The van der Waals surface area contributed by atoms with Crippen LogP contribution in [0.25, 0.3) is 0 Å². The van der Waals surface area contributed by atoms with E-state index in [0.29, 0.717) is 0 Å². The van der Waals surface area contributed by atoms with Gasteiger partial charge in [-0.05, 0) is 28.3 Å². The van der Waals surface area contributed by atoms with Gasteiger partial charge in [-0.2, -0.15) is 0 Å². The summed E-state index contributed by atoms with van der Waals surface area (Å²) in [6, 6.07) is 2.94. The number of nitro groups is 1. The number of aromatic nitrogens is 2. The van der Waals surface area contributed by atoms with Gasteiger partial charge in [0.25, 0.3) is 12.1 Å². The van der Waals surface area contributed by atoms with Gasteiger partial charge < -0.3 is 15.0 Å². The maximum absolute atomic E-state index is 13.4. The number of halogens is 3. The first-order chi connectivity index (χ1) is 11.0. The lowest BCUT2D eigenvalue weighted by molar-refractivity contribution is -0.391. The van der Waals surface area contributed by atoms with Gasteiger partial charge in [0.15, 0.2) is 11.9 Å². The molecule has 9 nitrogen and oxygen atoms in total. The Labute approximate surface area is 125 Å². The Morgan fingerprint density at radius 1 is 1.35 bits per heavy atom. The van der Waals surface area contributed by atoms with E-state index in [0.717, 1.165) is 12.1 Å². The van der Waals surface area contributed by atoms with Crippen molar-refractivity contribution in [2.75, 3.05) is 11.6 Å². The van der Waals surface area contributed by atoms with Crippen LogP contribution in [0.1, 0.15) is 17.7 Å². The molecular weight excluding hydrogens is 323 g/mol. The highest BCUT2D eigenvalue weighted by Crippen LogP contribution is 2.30. The van der Waals surface area contributed by atoms with Crippen LogP contribution in [0.5, 0.6) is 0 Å². The molecule has 0 aliphatic carbocycles. The lowest BCUT2D eigenvalue weighted by Crippen LogP contribution is -2.29. The van der Waals surface area contributed by atoms with Crippen molar-refractivity contribution in [2.24, 2.45) is 5.16 Å². The van der Waals surface area contributed by atoms with Gasteiger partial charge in [0.1, 0.15) is 5.82 Å². The van der Waals surface area contributed by atoms with Crippen molar-refractivity contribution < 1.29 is 27.6 Å². The smallest absolute Gasteiger partial charge is 0.371 e. The van der Waals surface area contributed by atoms with Crippen LogP contribution in [-0.4, -0.2) is 27.8 Å². The zero-order chi connectivity index (χ0) is 16.6. The molecule has 23 heavy (non-hydrogen) atoms. The number of anilines is 1. The standard InChI is InChI=1S/C11H6F3N5O4/c12-7-2-1-5(3-6(7)9(13)14)18-4-22-16-10(18)8-11(19(20)21)17-23-15-8/h1-3,9H,4H2. The van der Waals surface area contributed by atoms with E-state index in [1.165, 1.54) is 11.0 Å². The molecule has 0 fully saturated rings. The first-order valence-corrected chi connectivity index (χ1v) is 6.01. The Hall–Kier alpha value is -3.18. The molecule has 1 aliphatic rings. The van der Waals surface area contributed by atoms with E-state index in [9.17, 15) is 23.3 Å². The van der Waals surface area contributed by atoms with E-state index < -0.39 is 28.5 Å². The van der Waals surface area contributed by atoms with Crippen LogP contribution >= 0.6 is 0 Å². The molecule has 12 heteroatoms. The van der Waals surface area contributed by atoms with Crippen LogP contribution in [0, 0.1) is 15.9 Å². The minimum atomic E-state index is -3.03. The molecule has 2 heterocycles. The summed E-state index contributed by atoms with van der Waals surface area (Å²) in [5.41, 5.74) is -1.06. The largest absolute Gasteiger partial charge is 0.446 e. The van der Waals surface area contributed by atoms with E-state index in [-0.39, 0.29) is 23.9 Å². The van der Waals surface area contributed by atoms with Crippen molar-refractivity contribution >= 4 is 17.3 Å². The molecule has 3 rings (SSSR count). The van der Waals surface area contributed by atoms with Gasteiger partial charge in [-0.15, -0.1) is 4.63 Å². The maximum atomic E-state index is 13.4. The van der Waals surface area contributed by atoms with Crippen molar-refractivity contribution in [1.82, 2.24) is 10.3 Å². The van der Waals surface area contributed by atoms with Crippen LogP contribution < -0.4 is 4.90 Å². The number of amidine groups is 1. The predicted octanol–water partition coefficient (Wildman–Crippen LogP) is 2.21. The van der Waals surface area contributed by atoms with Crippen molar-refractivity contribution in [3.8, 4) is 0 Å². The number of nitrogens with zero attached hydrogens (tertiary/aromatic N) is 5. The zero-order valence-electron chi connectivity index (χ0n) is 11.0. The summed E-state index contributed by atoms with van der Waals surface area (Å²) in [6.07, 6.45) is -3.03. The van der Waals surface area contributed by atoms with E-state index in [1.54, 1.807) is 0 Å². The fraction of sp³-hybridized carbons (Fsp3) is 0.182. The molecule has 1 aromatic heterocycles. The van der Waals surface area contributed by atoms with Crippen molar-refractivity contribution in [3.05, 3.63) is 45.4 Å². The van der Waals surface area contributed by atoms with E-state index in [2.05, 4.69) is 20.1 Å². The number of alkyl halides is 2.